The van der Waals surface area contributed by atoms with Crippen LogP contribution in [0.15, 0.2) is 24.3 Å². The lowest BCUT2D eigenvalue weighted by Crippen LogP contribution is -2.50. The summed E-state index contributed by atoms with van der Waals surface area (Å²) >= 11 is 0. The van der Waals surface area contributed by atoms with E-state index in [0.29, 0.717) is 6.54 Å². The lowest BCUT2D eigenvalue weighted by atomic mass is 9.85. The number of halogens is 1. The zero-order valence-corrected chi connectivity index (χ0v) is 10.9. The van der Waals surface area contributed by atoms with Crippen molar-refractivity contribution in [2.45, 2.75) is 31.2 Å². The summed E-state index contributed by atoms with van der Waals surface area (Å²) < 4.78 is 13.3. The second-order valence-electron chi connectivity index (χ2n) is 5.67. The van der Waals surface area contributed by atoms with Gasteiger partial charge in [-0.2, -0.15) is 0 Å². The molecule has 2 aliphatic rings. The molecule has 1 aromatic carbocycles. The summed E-state index contributed by atoms with van der Waals surface area (Å²) in [6.07, 6.45) is 2.87. The summed E-state index contributed by atoms with van der Waals surface area (Å²) in [7, 11) is 0. The van der Waals surface area contributed by atoms with Crippen molar-refractivity contribution in [3.8, 4) is 0 Å². The zero-order valence-electron chi connectivity index (χ0n) is 10.9. The van der Waals surface area contributed by atoms with Crippen LogP contribution in [0.3, 0.4) is 0 Å². The predicted molar refractivity (Wildman–Crippen MR) is 71.0 cm³/mol. The summed E-state index contributed by atoms with van der Waals surface area (Å²) in [5.41, 5.74) is 7.14. The van der Waals surface area contributed by atoms with Gasteiger partial charge < -0.3 is 10.6 Å². The highest BCUT2D eigenvalue weighted by molar-refractivity contribution is 5.81. The molecule has 3 rings (SSSR count). The number of nitrogens with zero attached hydrogens (tertiary/aromatic N) is 1. The molecule has 1 saturated heterocycles. The van der Waals surface area contributed by atoms with E-state index >= 15 is 0 Å². The van der Waals surface area contributed by atoms with Crippen molar-refractivity contribution in [1.82, 2.24) is 4.90 Å². The maximum absolute atomic E-state index is 13.3. The Kier molecular flexibility index (Phi) is 3.27. The Bertz CT molecular complexity index is 487. The van der Waals surface area contributed by atoms with E-state index in [-0.39, 0.29) is 29.6 Å². The summed E-state index contributed by atoms with van der Waals surface area (Å²) in [5, 5.41) is 0. The highest BCUT2D eigenvalue weighted by atomic mass is 19.1. The van der Waals surface area contributed by atoms with Crippen molar-refractivity contribution in [2.75, 3.05) is 13.1 Å². The topological polar surface area (TPSA) is 46.3 Å². The molecule has 1 aliphatic heterocycles. The highest BCUT2D eigenvalue weighted by Gasteiger charge is 2.37. The number of likely N-dealkylation sites (tertiary alicyclic amines) is 1. The first-order valence-corrected chi connectivity index (χ1v) is 6.95. The number of benzene rings is 1. The first-order chi connectivity index (χ1) is 9.15. The van der Waals surface area contributed by atoms with Crippen LogP contribution in [0.5, 0.6) is 0 Å². The van der Waals surface area contributed by atoms with Crippen LogP contribution in [0.25, 0.3) is 0 Å². The molecule has 19 heavy (non-hydrogen) atoms. The van der Waals surface area contributed by atoms with E-state index in [4.69, 9.17) is 5.73 Å². The fourth-order valence-electron chi connectivity index (χ4n) is 2.92. The molecule has 0 aromatic heterocycles. The van der Waals surface area contributed by atoms with Gasteiger partial charge in [-0.1, -0.05) is 12.1 Å². The van der Waals surface area contributed by atoms with Crippen LogP contribution in [0.2, 0.25) is 0 Å². The number of amides is 1. The molecule has 2 unspecified atom stereocenters. The number of nitrogens with two attached hydrogens (primary N) is 1. The van der Waals surface area contributed by atoms with Crippen LogP contribution in [-0.2, 0) is 4.79 Å². The molecule has 2 N–H and O–H groups in total. The van der Waals surface area contributed by atoms with Crippen LogP contribution < -0.4 is 5.73 Å². The molecule has 1 heterocycles. The molecule has 3 nitrogen and oxygen atoms in total. The Balaban J connectivity index is 1.68. The Hall–Kier alpha value is -1.42. The second-order valence-corrected chi connectivity index (χ2v) is 5.67. The Morgan fingerprint density at radius 3 is 2.74 bits per heavy atom. The third-order valence-electron chi connectivity index (χ3n) is 4.17. The Morgan fingerprint density at radius 1 is 1.32 bits per heavy atom. The van der Waals surface area contributed by atoms with E-state index in [2.05, 4.69) is 0 Å². The molecule has 0 spiro atoms. The third kappa shape index (κ3) is 2.63. The number of piperidine rings is 1. The molecule has 1 amide bonds. The van der Waals surface area contributed by atoms with E-state index < -0.39 is 0 Å². The highest BCUT2D eigenvalue weighted by Crippen LogP contribution is 2.34. The number of carbonyl (C=O) groups is 1. The Labute approximate surface area is 112 Å². The molecule has 102 valence electrons. The largest absolute Gasteiger partial charge is 0.341 e. The molecule has 0 bridgehead atoms. The van der Waals surface area contributed by atoms with Gasteiger partial charge in [0, 0.05) is 31.0 Å². The van der Waals surface area contributed by atoms with Gasteiger partial charge in [-0.15, -0.1) is 0 Å². The average molecular weight is 262 g/mol. The molecule has 1 aromatic rings. The normalized spacial score (nSPS) is 27.4. The third-order valence-corrected chi connectivity index (χ3v) is 4.17. The van der Waals surface area contributed by atoms with Gasteiger partial charge in [0.05, 0.1) is 0 Å². The average Bonchev–Trinajstić information content (AvgIpc) is 3.22. The van der Waals surface area contributed by atoms with E-state index in [1.54, 1.807) is 12.1 Å². The maximum atomic E-state index is 13.3. The van der Waals surface area contributed by atoms with Gasteiger partial charge in [-0.05, 0) is 37.0 Å². The smallest absolute Gasteiger partial charge is 0.225 e. The van der Waals surface area contributed by atoms with Crippen LogP contribution in [0.1, 0.15) is 30.7 Å². The molecule has 2 atom stereocenters. The monoisotopic (exact) mass is 262 g/mol. The minimum atomic E-state index is -0.221. The van der Waals surface area contributed by atoms with E-state index in [9.17, 15) is 9.18 Å². The zero-order chi connectivity index (χ0) is 13.4. The standard InChI is InChI=1S/C15H19FN2O/c16-12-3-1-2-11(8-12)13-6-7-18(9-14(13)17)15(19)10-4-5-10/h1-3,8,10,13-14H,4-7,9,17H2. The van der Waals surface area contributed by atoms with Gasteiger partial charge in [-0.3, -0.25) is 4.79 Å². The van der Waals surface area contributed by atoms with Gasteiger partial charge in [0.1, 0.15) is 5.82 Å². The number of carbonyl (C=O) groups excluding carboxylic acids is 1. The van der Waals surface area contributed by atoms with Gasteiger partial charge in [0.25, 0.3) is 0 Å². The van der Waals surface area contributed by atoms with E-state index in [0.717, 1.165) is 31.4 Å². The molecule has 1 saturated carbocycles. The Morgan fingerprint density at radius 2 is 2.11 bits per heavy atom. The SMILES string of the molecule is NC1CN(C(=O)C2CC2)CCC1c1cccc(F)c1. The van der Waals surface area contributed by atoms with Gasteiger partial charge in [0.15, 0.2) is 0 Å². The van der Waals surface area contributed by atoms with Gasteiger partial charge in [0.2, 0.25) is 5.91 Å². The quantitative estimate of drug-likeness (QED) is 0.884. The molecular weight excluding hydrogens is 243 g/mol. The van der Waals surface area contributed by atoms with Crippen molar-refractivity contribution in [2.24, 2.45) is 11.7 Å². The van der Waals surface area contributed by atoms with Gasteiger partial charge in [-0.25, -0.2) is 4.39 Å². The van der Waals surface area contributed by atoms with Crippen molar-refractivity contribution >= 4 is 5.91 Å². The second kappa shape index (κ2) is 4.93. The van der Waals surface area contributed by atoms with Crippen molar-refractivity contribution in [3.63, 3.8) is 0 Å². The molecule has 4 heteroatoms. The molecule has 0 radical (unpaired) electrons. The molecule has 2 fully saturated rings. The van der Waals surface area contributed by atoms with Crippen LogP contribution >= 0.6 is 0 Å². The van der Waals surface area contributed by atoms with Gasteiger partial charge >= 0.3 is 0 Å². The molecular formula is C15H19FN2O. The number of rotatable bonds is 2. The van der Waals surface area contributed by atoms with Crippen LogP contribution in [0, 0.1) is 11.7 Å². The first-order valence-electron chi connectivity index (χ1n) is 6.95. The van der Waals surface area contributed by atoms with Crippen molar-refractivity contribution in [3.05, 3.63) is 35.6 Å². The fourth-order valence-corrected chi connectivity index (χ4v) is 2.92. The van der Waals surface area contributed by atoms with E-state index in [1.807, 2.05) is 11.0 Å². The lowest BCUT2D eigenvalue weighted by Gasteiger charge is -2.37. The minimum absolute atomic E-state index is 0.0988. The first kappa shape index (κ1) is 12.6. The minimum Gasteiger partial charge on any atom is -0.341 e. The summed E-state index contributed by atoms with van der Waals surface area (Å²) in [5.74, 6) is 0.436. The summed E-state index contributed by atoms with van der Waals surface area (Å²) in [4.78, 5) is 13.9. The summed E-state index contributed by atoms with van der Waals surface area (Å²) in [6.45, 7) is 1.33. The molecule has 1 aliphatic carbocycles. The van der Waals surface area contributed by atoms with Crippen molar-refractivity contribution in [1.29, 1.82) is 0 Å². The fraction of sp³-hybridized carbons (Fsp3) is 0.533. The predicted octanol–water partition coefficient (Wildman–Crippen LogP) is 1.88. The van der Waals surface area contributed by atoms with Crippen LogP contribution in [-0.4, -0.2) is 29.9 Å². The maximum Gasteiger partial charge on any atom is 0.225 e. The number of hydrogen-bond acceptors (Lipinski definition) is 2. The van der Waals surface area contributed by atoms with Crippen LogP contribution in [0.4, 0.5) is 4.39 Å². The van der Waals surface area contributed by atoms with E-state index in [1.165, 1.54) is 6.07 Å². The number of hydrogen-bond donors (Lipinski definition) is 1. The lowest BCUT2D eigenvalue weighted by molar-refractivity contribution is -0.133. The van der Waals surface area contributed by atoms with Crippen molar-refractivity contribution < 1.29 is 9.18 Å². The summed E-state index contributed by atoms with van der Waals surface area (Å²) in [6, 6.07) is 6.55.